The summed E-state index contributed by atoms with van der Waals surface area (Å²) in [6.45, 7) is 2.65. The van der Waals surface area contributed by atoms with Crippen molar-refractivity contribution in [2.24, 2.45) is 5.92 Å². The van der Waals surface area contributed by atoms with E-state index in [1.807, 2.05) is 30.3 Å². The summed E-state index contributed by atoms with van der Waals surface area (Å²) in [7, 11) is 0. The fourth-order valence-corrected chi connectivity index (χ4v) is 3.14. The fraction of sp³-hybridized carbons (Fsp3) is 0.556. The standard InChI is InChI=1S/C18H24N2O5/c21-16(11-19-18(22)25-13-14-5-2-1-3-6-14)20-8-4-7-15(12-20)17-23-9-10-24-17/h1-3,5-6,15,17H,4,7-13H2,(H,19,22). The van der Waals surface area contributed by atoms with E-state index >= 15 is 0 Å². The molecule has 1 N–H and O–H groups in total. The van der Waals surface area contributed by atoms with Gasteiger partial charge in [0.05, 0.1) is 13.2 Å². The molecule has 2 aliphatic rings. The molecule has 1 atom stereocenters. The highest BCUT2D eigenvalue weighted by Crippen LogP contribution is 2.24. The molecular formula is C18H24N2O5. The predicted molar refractivity (Wildman–Crippen MR) is 89.6 cm³/mol. The second kappa shape index (κ2) is 8.82. The van der Waals surface area contributed by atoms with Crippen LogP contribution in [0.15, 0.2) is 30.3 Å². The third-order valence-electron chi connectivity index (χ3n) is 4.44. The number of carbonyl (C=O) groups excluding carboxylic acids is 2. The molecule has 1 aromatic carbocycles. The zero-order valence-electron chi connectivity index (χ0n) is 14.2. The number of carbonyl (C=O) groups is 2. The molecule has 7 heteroatoms. The van der Waals surface area contributed by atoms with Crippen molar-refractivity contribution >= 4 is 12.0 Å². The van der Waals surface area contributed by atoms with Crippen LogP contribution in [0.1, 0.15) is 18.4 Å². The van der Waals surface area contributed by atoms with Gasteiger partial charge in [0.25, 0.3) is 0 Å². The number of rotatable bonds is 5. The van der Waals surface area contributed by atoms with Gasteiger partial charge in [-0.1, -0.05) is 30.3 Å². The smallest absolute Gasteiger partial charge is 0.407 e. The molecule has 0 spiro atoms. The molecule has 7 nitrogen and oxygen atoms in total. The van der Waals surface area contributed by atoms with E-state index in [2.05, 4.69) is 5.32 Å². The molecule has 2 heterocycles. The summed E-state index contributed by atoms with van der Waals surface area (Å²) < 4.78 is 16.2. The molecule has 2 fully saturated rings. The van der Waals surface area contributed by atoms with E-state index < -0.39 is 6.09 Å². The molecule has 3 rings (SSSR count). The zero-order chi connectivity index (χ0) is 17.5. The van der Waals surface area contributed by atoms with Gasteiger partial charge in [-0.2, -0.15) is 0 Å². The first-order chi connectivity index (χ1) is 12.2. The topological polar surface area (TPSA) is 77.1 Å². The molecule has 25 heavy (non-hydrogen) atoms. The zero-order valence-corrected chi connectivity index (χ0v) is 14.2. The van der Waals surface area contributed by atoms with Crippen LogP contribution < -0.4 is 5.32 Å². The molecule has 2 saturated heterocycles. The lowest BCUT2D eigenvalue weighted by Crippen LogP contribution is -2.47. The Labute approximate surface area is 147 Å². The van der Waals surface area contributed by atoms with Gasteiger partial charge in [0.1, 0.15) is 13.2 Å². The number of hydrogen-bond acceptors (Lipinski definition) is 5. The number of ether oxygens (including phenoxy) is 3. The molecule has 0 saturated carbocycles. The summed E-state index contributed by atoms with van der Waals surface area (Å²) >= 11 is 0. The summed E-state index contributed by atoms with van der Waals surface area (Å²) in [5.74, 6) is 0.0876. The number of nitrogens with one attached hydrogen (secondary N) is 1. The minimum atomic E-state index is -0.590. The van der Waals surface area contributed by atoms with Crippen molar-refractivity contribution in [3.63, 3.8) is 0 Å². The number of piperidine rings is 1. The Kier molecular flexibility index (Phi) is 6.25. The number of alkyl carbamates (subject to hydrolysis) is 1. The van der Waals surface area contributed by atoms with Gasteiger partial charge in [0.2, 0.25) is 5.91 Å². The van der Waals surface area contributed by atoms with E-state index in [1.165, 1.54) is 0 Å². The fourth-order valence-electron chi connectivity index (χ4n) is 3.14. The lowest BCUT2D eigenvalue weighted by Gasteiger charge is -2.34. The van der Waals surface area contributed by atoms with Crippen LogP contribution in [0.2, 0.25) is 0 Å². The van der Waals surface area contributed by atoms with E-state index in [4.69, 9.17) is 14.2 Å². The normalized spacial score (nSPS) is 21.1. The lowest BCUT2D eigenvalue weighted by molar-refractivity contribution is -0.138. The van der Waals surface area contributed by atoms with Crippen molar-refractivity contribution in [3.8, 4) is 0 Å². The molecule has 0 aromatic heterocycles. The second-order valence-electron chi connectivity index (χ2n) is 6.27. The van der Waals surface area contributed by atoms with E-state index in [9.17, 15) is 9.59 Å². The molecule has 1 aromatic rings. The first-order valence-corrected chi connectivity index (χ1v) is 8.68. The first-order valence-electron chi connectivity index (χ1n) is 8.68. The van der Waals surface area contributed by atoms with Crippen LogP contribution in [0.5, 0.6) is 0 Å². The van der Waals surface area contributed by atoms with Crippen molar-refractivity contribution in [2.75, 3.05) is 32.8 Å². The van der Waals surface area contributed by atoms with Crippen LogP contribution in [-0.2, 0) is 25.6 Å². The third-order valence-corrected chi connectivity index (χ3v) is 4.44. The van der Waals surface area contributed by atoms with Gasteiger partial charge in [-0.25, -0.2) is 4.79 Å². The number of likely N-dealkylation sites (tertiary alicyclic amines) is 1. The van der Waals surface area contributed by atoms with Crippen molar-refractivity contribution in [1.82, 2.24) is 10.2 Å². The summed E-state index contributed by atoms with van der Waals surface area (Å²) in [6.07, 6.45) is 1.10. The van der Waals surface area contributed by atoms with Gasteiger partial charge in [0.15, 0.2) is 6.29 Å². The number of hydrogen-bond donors (Lipinski definition) is 1. The maximum absolute atomic E-state index is 12.3. The van der Waals surface area contributed by atoms with E-state index in [0.717, 1.165) is 18.4 Å². The number of amides is 2. The van der Waals surface area contributed by atoms with Crippen LogP contribution in [0, 0.1) is 5.92 Å². The van der Waals surface area contributed by atoms with E-state index in [0.29, 0.717) is 26.3 Å². The monoisotopic (exact) mass is 348 g/mol. The van der Waals surface area contributed by atoms with Crippen molar-refractivity contribution in [1.29, 1.82) is 0 Å². The van der Waals surface area contributed by atoms with E-state index in [1.54, 1.807) is 4.90 Å². The Morgan fingerprint density at radius 3 is 2.72 bits per heavy atom. The summed E-state index contributed by atoms with van der Waals surface area (Å²) in [5.41, 5.74) is 0.902. The Balaban J connectivity index is 1.38. The molecule has 1 unspecified atom stereocenters. The summed E-state index contributed by atoms with van der Waals surface area (Å²) in [4.78, 5) is 25.8. The third kappa shape index (κ3) is 5.17. The minimum Gasteiger partial charge on any atom is -0.445 e. The van der Waals surface area contributed by atoms with Gasteiger partial charge in [-0.05, 0) is 18.4 Å². The number of benzene rings is 1. The van der Waals surface area contributed by atoms with Crippen molar-refractivity contribution < 1.29 is 23.8 Å². The Hall–Kier alpha value is -2.12. The largest absolute Gasteiger partial charge is 0.445 e. The maximum Gasteiger partial charge on any atom is 0.407 e. The van der Waals surface area contributed by atoms with Gasteiger partial charge in [0, 0.05) is 19.0 Å². The molecule has 2 aliphatic heterocycles. The van der Waals surface area contributed by atoms with Gasteiger partial charge < -0.3 is 24.4 Å². The van der Waals surface area contributed by atoms with Crippen molar-refractivity contribution in [3.05, 3.63) is 35.9 Å². The minimum absolute atomic E-state index is 0.0628. The first kappa shape index (κ1) is 17.7. The SMILES string of the molecule is O=C(NCC(=O)N1CCCC(C2OCCO2)C1)OCc1ccccc1. The van der Waals surface area contributed by atoms with Crippen LogP contribution in [0.25, 0.3) is 0 Å². The second-order valence-corrected chi connectivity index (χ2v) is 6.27. The summed E-state index contributed by atoms with van der Waals surface area (Å²) in [5, 5.41) is 2.52. The molecular weight excluding hydrogens is 324 g/mol. The highest BCUT2D eigenvalue weighted by Gasteiger charge is 2.32. The van der Waals surface area contributed by atoms with Gasteiger partial charge >= 0.3 is 6.09 Å². The highest BCUT2D eigenvalue weighted by molar-refractivity contribution is 5.82. The van der Waals surface area contributed by atoms with Crippen LogP contribution in [0.4, 0.5) is 4.79 Å². The molecule has 2 amide bonds. The maximum atomic E-state index is 12.3. The van der Waals surface area contributed by atoms with Crippen LogP contribution in [0.3, 0.4) is 0 Å². The Morgan fingerprint density at radius 2 is 1.96 bits per heavy atom. The number of nitrogens with zero attached hydrogens (tertiary/aromatic N) is 1. The van der Waals surface area contributed by atoms with Crippen LogP contribution >= 0.6 is 0 Å². The van der Waals surface area contributed by atoms with Crippen molar-refractivity contribution in [2.45, 2.75) is 25.7 Å². The summed E-state index contributed by atoms with van der Waals surface area (Å²) in [6, 6.07) is 9.41. The Morgan fingerprint density at radius 1 is 1.20 bits per heavy atom. The molecule has 0 radical (unpaired) electrons. The van der Waals surface area contributed by atoms with Gasteiger partial charge in [-0.3, -0.25) is 4.79 Å². The Bertz CT molecular complexity index is 574. The molecule has 0 bridgehead atoms. The average molecular weight is 348 g/mol. The lowest BCUT2D eigenvalue weighted by atomic mass is 9.97. The van der Waals surface area contributed by atoms with Gasteiger partial charge in [-0.15, -0.1) is 0 Å². The average Bonchev–Trinajstić information content (AvgIpc) is 3.20. The van der Waals surface area contributed by atoms with Crippen LogP contribution in [-0.4, -0.2) is 56.0 Å². The predicted octanol–water partition coefficient (Wildman–Crippen LogP) is 1.52. The van der Waals surface area contributed by atoms with E-state index in [-0.39, 0.29) is 31.3 Å². The highest BCUT2D eigenvalue weighted by atomic mass is 16.7. The molecule has 0 aliphatic carbocycles. The quantitative estimate of drug-likeness (QED) is 0.873. The molecule has 136 valence electrons.